The van der Waals surface area contributed by atoms with Crippen LogP contribution in [0.15, 0.2) is 23.8 Å². The third-order valence-corrected chi connectivity index (χ3v) is 11.4. The third-order valence-electron chi connectivity index (χ3n) is 11.4. The topological polar surface area (TPSA) is 135 Å². The van der Waals surface area contributed by atoms with Crippen molar-refractivity contribution in [3.8, 4) is 0 Å². The SMILES string of the molecule is CC(C)(O)/C=C/C(=O)[C@@](C)(O)[C@H]1[C@@H](O)C[C@]2(C)[C@H]3CC=C4[C@@H](C[C@H](O)[C@@H](O)C4(C)C)[C@]3(C)C(=O)C[C@]12C. The van der Waals surface area contributed by atoms with Gasteiger partial charge in [0, 0.05) is 23.2 Å². The Morgan fingerprint density at radius 2 is 1.59 bits per heavy atom. The Morgan fingerprint density at radius 1 is 1.00 bits per heavy atom. The molecule has 0 aliphatic heterocycles. The number of allylic oxidation sites excluding steroid dienone is 1. The largest absolute Gasteiger partial charge is 0.393 e. The average Bonchev–Trinajstić information content (AvgIpc) is 2.96. The van der Waals surface area contributed by atoms with Gasteiger partial charge in [-0.15, -0.1) is 0 Å². The van der Waals surface area contributed by atoms with Crippen LogP contribution in [0.25, 0.3) is 0 Å². The standard InChI is InChI=1S/C30H46O7/c1-25(2,36)12-11-21(33)30(8,37)23-19(32)14-27(5)20-10-9-16-17(13-18(31)24(35)26(16,3)4)29(20,7)22(34)15-28(23,27)6/h9,11-12,17-20,23-24,31-32,35-37H,10,13-15H2,1-8H3/b12-11+/t17-,18+,19+,20-,23+,24-,27-,28-,29+,30-/m1/s1. The molecule has 0 aromatic carbocycles. The van der Waals surface area contributed by atoms with Crippen LogP contribution in [-0.4, -0.2) is 66.6 Å². The first kappa shape index (κ1) is 28.6. The van der Waals surface area contributed by atoms with E-state index < -0.39 is 62.9 Å². The molecule has 0 amide bonds. The summed E-state index contributed by atoms with van der Waals surface area (Å²) in [6.45, 7) is 14.3. The first-order chi connectivity index (χ1) is 16.7. The van der Waals surface area contributed by atoms with Gasteiger partial charge < -0.3 is 25.5 Å². The minimum Gasteiger partial charge on any atom is -0.393 e. The van der Waals surface area contributed by atoms with Gasteiger partial charge in [0.25, 0.3) is 0 Å². The quantitative estimate of drug-likeness (QED) is 0.285. The summed E-state index contributed by atoms with van der Waals surface area (Å²) in [7, 11) is 0. The van der Waals surface area contributed by atoms with E-state index in [0.29, 0.717) is 19.3 Å². The molecule has 4 rings (SSSR count). The summed E-state index contributed by atoms with van der Waals surface area (Å²) in [6, 6.07) is 0. The Balaban J connectivity index is 1.79. The zero-order chi connectivity index (χ0) is 28.1. The average molecular weight is 519 g/mol. The highest BCUT2D eigenvalue weighted by molar-refractivity contribution is 5.97. The number of carbonyl (C=O) groups excluding carboxylic acids is 2. The van der Waals surface area contributed by atoms with Gasteiger partial charge in [0.1, 0.15) is 11.4 Å². The van der Waals surface area contributed by atoms with Crippen molar-refractivity contribution < 1.29 is 35.1 Å². The van der Waals surface area contributed by atoms with E-state index in [2.05, 4.69) is 13.0 Å². The molecule has 5 N–H and O–H groups in total. The minimum atomic E-state index is -1.94. The summed E-state index contributed by atoms with van der Waals surface area (Å²) in [5.41, 5.74) is -5.07. The van der Waals surface area contributed by atoms with E-state index in [1.807, 2.05) is 27.7 Å². The van der Waals surface area contributed by atoms with Crippen molar-refractivity contribution in [2.45, 2.75) is 111 Å². The molecule has 3 saturated carbocycles. The van der Waals surface area contributed by atoms with E-state index in [9.17, 15) is 35.1 Å². The van der Waals surface area contributed by atoms with Crippen molar-refractivity contribution in [3.63, 3.8) is 0 Å². The molecular weight excluding hydrogens is 472 g/mol. The van der Waals surface area contributed by atoms with Gasteiger partial charge in [0.2, 0.25) is 0 Å². The van der Waals surface area contributed by atoms with Gasteiger partial charge in [0.15, 0.2) is 5.78 Å². The second kappa shape index (κ2) is 8.31. The van der Waals surface area contributed by atoms with Crippen LogP contribution in [0.4, 0.5) is 0 Å². The van der Waals surface area contributed by atoms with Crippen LogP contribution < -0.4 is 0 Å². The van der Waals surface area contributed by atoms with Crippen molar-refractivity contribution in [2.24, 2.45) is 39.4 Å². The summed E-state index contributed by atoms with van der Waals surface area (Å²) in [6.07, 6.45) is 3.10. The molecule has 0 heterocycles. The molecule has 37 heavy (non-hydrogen) atoms. The maximum absolute atomic E-state index is 14.2. The van der Waals surface area contributed by atoms with Crippen LogP contribution in [0.3, 0.4) is 0 Å². The molecule has 0 bridgehead atoms. The van der Waals surface area contributed by atoms with Crippen LogP contribution in [-0.2, 0) is 9.59 Å². The maximum Gasteiger partial charge on any atom is 0.187 e. The summed E-state index contributed by atoms with van der Waals surface area (Å²) in [5.74, 6) is -1.88. The molecule has 0 spiro atoms. The first-order valence-corrected chi connectivity index (χ1v) is 13.6. The Kier molecular flexibility index (Phi) is 6.43. The lowest BCUT2D eigenvalue weighted by atomic mass is 9.38. The Hall–Kier alpha value is -1.38. The zero-order valence-electron chi connectivity index (χ0n) is 23.6. The molecule has 0 radical (unpaired) electrons. The van der Waals surface area contributed by atoms with Gasteiger partial charge in [-0.1, -0.05) is 52.3 Å². The number of fused-ring (bicyclic) bond motifs is 5. The lowest BCUT2D eigenvalue weighted by molar-refractivity contribution is -0.186. The fraction of sp³-hybridized carbons (Fsp3) is 0.800. The Labute approximate surface area is 220 Å². The molecule has 10 atom stereocenters. The highest BCUT2D eigenvalue weighted by Crippen LogP contribution is 2.74. The monoisotopic (exact) mass is 518 g/mol. The first-order valence-electron chi connectivity index (χ1n) is 13.6. The summed E-state index contributed by atoms with van der Waals surface area (Å²) < 4.78 is 0. The van der Waals surface area contributed by atoms with Gasteiger partial charge in [-0.05, 0) is 68.8 Å². The van der Waals surface area contributed by atoms with Crippen molar-refractivity contribution in [3.05, 3.63) is 23.8 Å². The fourth-order valence-electron chi connectivity index (χ4n) is 9.15. The van der Waals surface area contributed by atoms with Crippen LogP contribution in [0.5, 0.6) is 0 Å². The molecule has 4 aliphatic rings. The predicted octanol–water partition coefficient (Wildman–Crippen LogP) is 2.72. The van der Waals surface area contributed by atoms with Gasteiger partial charge >= 0.3 is 0 Å². The predicted molar refractivity (Wildman–Crippen MR) is 139 cm³/mol. The van der Waals surface area contributed by atoms with E-state index in [1.165, 1.54) is 32.9 Å². The van der Waals surface area contributed by atoms with Gasteiger partial charge in [-0.2, -0.15) is 0 Å². The number of ketones is 2. The Morgan fingerprint density at radius 3 is 2.16 bits per heavy atom. The second-order valence-electron chi connectivity index (χ2n) is 14.4. The summed E-state index contributed by atoms with van der Waals surface area (Å²) in [5, 5.41) is 54.6. The third kappa shape index (κ3) is 3.79. The molecule has 7 heteroatoms. The second-order valence-corrected chi connectivity index (χ2v) is 14.4. The van der Waals surface area contributed by atoms with E-state index >= 15 is 0 Å². The van der Waals surface area contributed by atoms with Crippen molar-refractivity contribution in [2.75, 3.05) is 0 Å². The molecule has 3 fully saturated rings. The number of carbonyl (C=O) groups is 2. The maximum atomic E-state index is 14.2. The van der Waals surface area contributed by atoms with E-state index in [-0.39, 0.29) is 24.0 Å². The smallest absolute Gasteiger partial charge is 0.187 e. The Bertz CT molecular complexity index is 1050. The highest BCUT2D eigenvalue weighted by atomic mass is 16.3. The van der Waals surface area contributed by atoms with Crippen LogP contribution in [0.1, 0.15) is 81.1 Å². The molecule has 7 nitrogen and oxygen atoms in total. The van der Waals surface area contributed by atoms with Crippen molar-refractivity contribution >= 4 is 11.6 Å². The van der Waals surface area contributed by atoms with Gasteiger partial charge in [-0.25, -0.2) is 0 Å². The van der Waals surface area contributed by atoms with E-state index in [1.54, 1.807) is 0 Å². The summed E-state index contributed by atoms with van der Waals surface area (Å²) in [4.78, 5) is 27.4. The lowest BCUT2D eigenvalue weighted by Crippen LogP contribution is -2.65. The number of hydrogen-bond acceptors (Lipinski definition) is 7. The number of hydrogen-bond donors (Lipinski definition) is 5. The zero-order valence-corrected chi connectivity index (χ0v) is 23.6. The number of aliphatic hydroxyl groups is 5. The normalized spacial score (nSPS) is 47.1. The fourth-order valence-corrected chi connectivity index (χ4v) is 9.15. The van der Waals surface area contributed by atoms with E-state index in [4.69, 9.17) is 0 Å². The molecule has 0 unspecified atom stereocenters. The number of aliphatic hydroxyl groups excluding tert-OH is 3. The minimum absolute atomic E-state index is 0.0156. The van der Waals surface area contributed by atoms with E-state index in [0.717, 1.165) is 5.57 Å². The molecule has 4 aliphatic carbocycles. The van der Waals surface area contributed by atoms with Crippen LogP contribution in [0.2, 0.25) is 0 Å². The van der Waals surface area contributed by atoms with Gasteiger partial charge in [0.05, 0.1) is 23.9 Å². The van der Waals surface area contributed by atoms with Crippen molar-refractivity contribution in [1.29, 1.82) is 0 Å². The molecule has 208 valence electrons. The van der Waals surface area contributed by atoms with Gasteiger partial charge in [-0.3, -0.25) is 9.59 Å². The van der Waals surface area contributed by atoms with Crippen LogP contribution in [0, 0.1) is 39.4 Å². The lowest BCUT2D eigenvalue weighted by Gasteiger charge is -2.65. The molecule has 0 aromatic heterocycles. The molecular formula is C30H46O7. The summed E-state index contributed by atoms with van der Waals surface area (Å²) >= 11 is 0. The van der Waals surface area contributed by atoms with Crippen molar-refractivity contribution in [1.82, 2.24) is 0 Å². The van der Waals surface area contributed by atoms with Crippen LogP contribution >= 0.6 is 0 Å². The molecule has 0 aromatic rings. The molecule has 0 saturated heterocycles. The number of rotatable bonds is 4. The highest BCUT2D eigenvalue weighted by Gasteiger charge is 2.74. The number of Topliss-reactive ketones (excluding diaryl/α,β-unsaturated/α-hetero) is 1.